The van der Waals surface area contributed by atoms with Gasteiger partial charge in [-0.3, -0.25) is 9.59 Å². The Morgan fingerprint density at radius 1 is 1.06 bits per heavy atom. The van der Waals surface area contributed by atoms with Gasteiger partial charge >= 0.3 is 0 Å². The summed E-state index contributed by atoms with van der Waals surface area (Å²) < 4.78 is 10.7. The molecule has 1 atom stereocenters. The second kappa shape index (κ2) is 8.94. The highest BCUT2D eigenvalue weighted by Gasteiger charge is 2.45. The molecule has 2 aromatic rings. The SMILES string of the molecule is CCCCCN1C(=O)C(=O)/C(=C(\O)c2ccc3c(c2)OCO3)C1c1ccc(N(C)C)cc1. The number of amides is 1. The van der Waals surface area contributed by atoms with E-state index >= 15 is 0 Å². The Kier molecular flexibility index (Phi) is 6.08. The molecule has 1 unspecified atom stereocenters. The third-order valence-electron chi connectivity index (χ3n) is 5.91. The Balaban J connectivity index is 1.79. The van der Waals surface area contributed by atoms with E-state index in [2.05, 4.69) is 6.92 Å². The molecule has 0 aromatic heterocycles. The molecule has 1 amide bonds. The number of unbranched alkanes of at least 4 members (excludes halogenated alkanes) is 2. The van der Waals surface area contributed by atoms with Crippen LogP contribution in [0.4, 0.5) is 5.69 Å². The van der Waals surface area contributed by atoms with Gasteiger partial charge in [-0.2, -0.15) is 0 Å². The van der Waals surface area contributed by atoms with E-state index in [-0.39, 0.29) is 18.1 Å². The second-order valence-electron chi connectivity index (χ2n) is 8.25. The number of likely N-dealkylation sites (tertiary alicyclic amines) is 1. The second-order valence-corrected chi connectivity index (χ2v) is 8.25. The van der Waals surface area contributed by atoms with Crippen molar-refractivity contribution in [2.45, 2.75) is 32.2 Å². The molecule has 0 bridgehead atoms. The first-order valence-corrected chi connectivity index (χ1v) is 10.9. The van der Waals surface area contributed by atoms with Gasteiger partial charge in [-0.05, 0) is 42.3 Å². The minimum absolute atomic E-state index is 0.1000. The summed E-state index contributed by atoms with van der Waals surface area (Å²) in [6.45, 7) is 2.65. The van der Waals surface area contributed by atoms with Gasteiger partial charge in [0.25, 0.3) is 11.7 Å². The van der Waals surface area contributed by atoms with Crippen LogP contribution in [0.3, 0.4) is 0 Å². The van der Waals surface area contributed by atoms with Gasteiger partial charge in [-0.15, -0.1) is 0 Å². The summed E-state index contributed by atoms with van der Waals surface area (Å²) in [5.41, 5.74) is 2.31. The van der Waals surface area contributed by atoms with Crippen LogP contribution >= 0.6 is 0 Å². The minimum atomic E-state index is -0.668. The lowest BCUT2D eigenvalue weighted by atomic mass is 9.95. The van der Waals surface area contributed by atoms with E-state index in [0.717, 1.165) is 30.5 Å². The summed E-state index contributed by atoms with van der Waals surface area (Å²) in [6, 6.07) is 12.1. The van der Waals surface area contributed by atoms with Crippen LogP contribution in [-0.2, 0) is 9.59 Å². The van der Waals surface area contributed by atoms with Crippen molar-refractivity contribution in [3.63, 3.8) is 0 Å². The number of hydrogen-bond acceptors (Lipinski definition) is 6. The molecule has 0 spiro atoms. The molecule has 1 fully saturated rings. The normalized spacial score (nSPS) is 19.0. The van der Waals surface area contributed by atoms with Crippen LogP contribution in [0.1, 0.15) is 43.4 Å². The lowest BCUT2D eigenvalue weighted by molar-refractivity contribution is -0.139. The molecule has 1 saturated heterocycles. The van der Waals surface area contributed by atoms with Gasteiger partial charge in [0.2, 0.25) is 6.79 Å². The van der Waals surface area contributed by atoms with E-state index in [1.165, 1.54) is 0 Å². The zero-order chi connectivity index (χ0) is 22.8. The van der Waals surface area contributed by atoms with Crippen LogP contribution < -0.4 is 14.4 Å². The molecule has 1 N–H and O–H groups in total. The molecule has 4 rings (SSSR count). The first kappa shape index (κ1) is 21.7. The van der Waals surface area contributed by atoms with Gasteiger partial charge in [0.1, 0.15) is 5.76 Å². The summed E-state index contributed by atoms with van der Waals surface area (Å²) in [6.07, 6.45) is 2.75. The van der Waals surface area contributed by atoms with Crippen LogP contribution in [0.15, 0.2) is 48.0 Å². The number of carbonyl (C=O) groups is 2. The van der Waals surface area contributed by atoms with Crippen molar-refractivity contribution in [2.75, 3.05) is 32.3 Å². The molecule has 2 aromatic carbocycles. The van der Waals surface area contributed by atoms with Gasteiger partial charge in [0.05, 0.1) is 11.6 Å². The summed E-state index contributed by atoms with van der Waals surface area (Å²) in [4.78, 5) is 29.6. The highest BCUT2D eigenvalue weighted by atomic mass is 16.7. The fraction of sp³-hybridized carbons (Fsp3) is 0.360. The molecule has 2 aliphatic heterocycles. The molecule has 0 radical (unpaired) electrons. The van der Waals surface area contributed by atoms with Crippen molar-refractivity contribution in [3.8, 4) is 11.5 Å². The van der Waals surface area contributed by atoms with E-state index in [1.807, 2.05) is 43.3 Å². The summed E-state index contributed by atoms with van der Waals surface area (Å²) in [5.74, 6) is -0.375. The Hall–Kier alpha value is -3.48. The van der Waals surface area contributed by atoms with E-state index in [9.17, 15) is 14.7 Å². The number of aliphatic hydroxyl groups is 1. The number of ketones is 1. The van der Waals surface area contributed by atoms with Crippen LogP contribution in [-0.4, -0.2) is 49.1 Å². The predicted octanol–water partition coefficient (Wildman–Crippen LogP) is 4.09. The lowest BCUT2D eigenvalue weighted by Crippen LogP contribution is -2.30. The number of fused-ring (bicyclic) bond motifs is 1. The topological polar surface area (TPSA) is 79.3 Å². The number of aliphatic hydroxyl groups excluding tert-OH is 1. The highest BCUT2D eigenvalue weighted by molar-refractivity contribution is 6.46. The van der Waals surface area contributed by atoms with E-state index in [1.54, 1.807) is 23.1 Å². The minimum Gasteiger partial charge on any atom is -0.507 e. The summed E-state index contributed by atoms with van der Waals surface area (Å²) >= 11 is 0. The molecule has 168 valence electrons. The Morgan fingerprint density at radius 2 is 1.78 bits per heavy atom. The average molecular weight is 437 g/mol. The first-order chi connectivity index (χ1) is 15.4. The van der Waals surface area contributed by atoms with Crippen molar-refractivity contribution in [2.24, 2.45) is 0 Å². The molecule has 2 heterocycles. The third kappa shape index (κ3) is 3.90. The van der Waals surface area contributed by atoms with Crippen molar-refractivity contribution in [1.82, 2.24) is 4.90 Å². The predicted molar refractivity (Wildman–Crippen MR) is 122 cm³/mol. The van der Waals surface area contributed by atoms with E-state index in [4.69, 9.17) is 9.47 Å². The molecular weight excluding hydrogens is 408 g/mol. The summed E-state index contributed by atoms with van der Waals surface area (Å²) in [7, 11) is 3.90. The van der Waals surface area contributed by atoms with Gasteiger partial charge in [-0.1, -0.05) is 31.9 Å². The highest BCUT2D eigenvalue weighted by Crippen LogP contribution is 2.41. The Morgan fingerprint density at radius 3 is 2.47 bits per heavy atom. The lowest BCUT2D eigenvalue weighted by Gasteiger charge is -2.26. The maximum absolute atomic E-state index is 13.1. The van der Waals surface area contributed by atoms with Crippen LogP contribution in [0.5, 0.6) is 11.5 Å². The molecule has 32 heavy (non-hydrogen) atoms. The fourth-order valence-electron chi connectivity index (χ4n) is 4.14. The third-order valence-corrected chi connectivity index (χ3v) is 5.91. The monoisotopic (exact) mass is 436 g/mol. The number of hydrogen-bond donors (Lipinski definition) is 1. The number of benzene rings is 2. The van der Waals surface area contributed by atoms with Crippen molar-refractivity contribution in [1.29, 1.82) is 0 Å². The fourth-order valence-corrected chi connectivity index (χ4v) is 4.14. The van der Waals surface area contributed by atoms with Gasteiger partial charge in [0, 0.05) is 31.9 Å². The van der Waals surface area contributed by atoms with Crippen LogP contribution in [0.2, 0.25) is 0 Å². The molecule has 7 heteroatoms. The van der Waals surface area contributed by atoms with Crippen LogP contribution in [0.25, 0.3) is 5.76 Å². The number of carbonyl (C=O) groups excluding carboxylic acids is 2. The van der Waals surface area contributed by atoms with Crippen molar-refractivity contribution < 1.29 is 24.2 Å². The average Bonchev–Trinajstić information content (AvgIpc) is 3.36. The van der Waals surface area contributed by atoms with Crippen molar-refractivity contribution in [3.05, 3.63) is 59.2 Å². The summed E-state index contributed by atoms with van der Waals surface area (Å²) in [5, 5.41) is 11.2. The standard InChI is InChI=1S/C25H28N2O5/c1-4-5-6-13-27-22(16-7-10-18(11-8-16)26(2)3)21(24(29)25(27)30)23(28)17-9-12-19-20(14-17)32-15-31-19/h7-12,14,22,28H,4-6,13,15H2,1-3H3/b23-21-. The van der Waals surface area contributed by atoms with E-state index < -0.39 is 17.7 Å². The maximum Gasteiger partial charge on any atom is 0.295 e. The van der Waals surface area contributed by atoms with Crippen LogP contribution in [0, 0.1) is 0 Å². The number of anilines is 1. The molecule has 0 aliphatic carbocycles. The van der Waals surface area contributed by atoms with Crippen molar-refractivity contribution >= 4 is 23.1 Å². The van der Waals surface area contributed by atoms with E-state index in [0.29, 0.717) is 23.6 Å². The van der Waals surface area contributed by atoms with Gasteiger partial charge in [-0.25, -0.2) is 0 Å². The molecular formula is C25H28N2O5. The number of ether oxygens (including phenoxy) is 2. The molecule has 7 nitrogen and oxygen atoms in total. The zero-order valence-corrected chi connectivity index (χ0v) is 18.6. The largest absolute Gasteiger partial charge is 0.507 e. The van der Waals surface area contributed by atoms with Gasteiger partial charge < -0.3 is 24.4 Å². The quantitative estimate of drug-likeness (QED) is 0.305. The first-order valence-electron chi connectivity index (χ1n) is 10.9. The number of Topliss-reactive ketones (excluding diaryl/α,β-unsaturated/α-hetero) is 1. The van der Waals surface area contributed by atoms with Gasteiger partial charge in [0.15, 0.2) is 11.5 Å². The molecule has 2 aliphatic rings. The zero-order valence-electron chi connectivity index (χ0n) is 18.6. The number of rotatable bonds is 7. The maximum atomic E-state index is 13.1. The number of nitrogens with zero attached hydrogens (tertiary/aromatic N) is 2. The Bertz CT molecular complexity index is 1060. The Labute approximate surface area is 187 Å². The molecule has 0 saturated carbocycles. The smallest absolute Gasteiger partial charge is 0.295 e.